The second-order valence-corrected chi connectivity index (χ2v) is 5.12. The van der Waals surface area contributed by atoms with Gasteiger partial charge in [-0.15, -0.1) is 0 Å². The second kappa shape index (κ2) is 7.23. The van der Waals surface area contributed by atoms with Crippen molar-refractivity contribution in [1.82, 2.24) is 5.32 Å². The third-order valence-corrected chi connectivity index (χ3v) is 3.59. The summed E-state index contributed by atoms with van der Waals surface area (Å²) in [6.07, 6.45) is 0. The molecule has 0 spiro atoms. The molecular weight excluding hydrogens is 263 g/mol. The number of benzene rings is 2. The van der Waals surface area contributed by atoms with Crippen molar-refractivity contribution in [2.24, 2.45) is 0 Å². The van der Waals surface area contributed by atoms with E-state index in [0.717, 1.165) is 25.3 Å². The summed E-state index contributed by atoms with van der Waals surface area (Å²) < 4.78 is 13.1. The van der Waals surface area contributed by atoms with E-state index in [1.165, 1.54) is 28.9 Å². The summed E-state index contributed by atoms with van der Waals surface area (Å²) in [6.45, 7) is 9.04. The summed E-state index contributed by atoms with van der Waals surface area (Å²) in [5.41, 5.74) is 4.70. The van der Waals surface area contributed by atoms with Gasteiger partial charge in [-0.2, -0.15) is 0 Å². The Morgan fingerprint density at radius 3 is 2.33 bits per heavy atom. The lowest BCUT2D eigenvalue weighted by molar-refractivity contribution is 0.628. The van der Waals surface area contributed by atoms with Crippen LogP contribution in [0.25, 0.3) is 0 Å². The van der Waals surface area contributed by atoms with Gasteiger partial charge in [-0.25, -0.2) is 4.39 Å². The number of anilines is 2. The summed E-state index contributed by atoms with van der Waals surface area (Å²) >= 11 is 0. The molecule has 0 aliphatic heterocycles. The molecule has 21 heavy (non-hydrogen) atoms. The predicted molar refractivity (Wildman–Crippen MR) is 87.6 cm³/mol. The first-order chi connectivity index (χ1) is 10.2. The van der Waals surface area contributed by atoms with Crippen molar-refractivity contribution in [2.45, 2.75) is 27.3 Å². The molecule has 0 fully saturated rings. The van der Waals surface area contributed by atoms with E-state index in [2.05, 4.69) is 49.2 Å². The van der Waals surface area contributed by atoms with Crippen molar-refractivity contribution in [3.8, 4) is 0 Å². The van der Waals surface area contributed by atoms with Gasteiger partial charge in [0.2, 0.25) is 0 Å². The highest BCUT2D eigenvalue weighted by molar-refractivity contribution is 5.66. The molecule has 0 unspecified atom stereocenters. The molecule has 112 valence electrons. The highest BCUT2D eigenvalue weighted by atomic mass is 19.1. The number of halogens is 1. The van der Waals surface area contributed by atoms with Crippen LogP contribution in [0.3, 0.4) is 0 Å². The minimum Gasteiger partial charge on any atom is -0.342 e. The fraction of sp³-hybridized carbons (Fsp3) is 0.333. The van der Waals surface area contributed by atoms with Crippen LogP contribution in [0.2, 0.25) is 0 Å². The Morgan fingerprint density at radius 2 is 1.76 bits per heavy atom. The van der Waals surface area contributed by atoms with Gasteiger partial charge in [0.25, 0.3) is 0 Å². The van der Waals surface area contributed by atoms with E-state index in [-0.39, 0.29) is 5.82 Å². The SMILES string of the molecule is CCNCc1ccc(N(CC)c2ccc(F)cc2)c(C)c1. The lowest BCUT2D eigenvalue weighted by atomic mass is 10.1. The van der Waals surface area contributed by atoms with Crippen LogP contribution in [0.1, 0.15) is 25.0 Å². The first kappa shape index (κ1) is 15.5. The molecule has 2 aromatic rings. The molecule has 2 nitrogen and oxygen atoms in total. The van der Waals surface area contributed by atoms with Gasteiger partial charge in [0.15, 0.2) is 0 Å². The first-order valence-corrected chi connectivity index (χ1v) is 7.49. The van der Waals surface area contributed by atoms with Crippen LogP contribution < -0.4 is 10.2 Å². The maximum Gasteiger partial charge on any atom is 0.123 e. The zero-order valence-corrected chi connectivity index (χ0v) is 13.0. The van der Waals surface area contributed by atoms with Gasteiger partial charge >= 0.3 is 0 Å². The highest BCUT2D eigenvalue weighted by Crippen LogP contribution is 2.28. The van der Waals surface area contributed by atoms with E-state index >= 15 is 0 Å². The molecule has 1 N–H and O–H groups in total. The number of rotatable bonds is 6. The largest absolute Gasteiger partial charge is 0.342 e. The molecule has 0 heterocycles. The predicted octanol–water partition coefficient (Wildman–Crippen LogP) is 4.40. The molecular formula is C18H23FN2. The average molecular weight is 286 g/mol. The summed E-state index contributed by atoms with van der Waals surface area (Å²) in [5, 5.41) is 3.34. The number of nitrogens with zero attached hydrogens (tertiary/aromatic N) is 1. The van der Waals surface area contributed by atoms with Crippen molar-refractivity contribution in [3.63, 3.8) is 0 Å². The standard InChI is InChI=1S/C18H23FN2/c1-4-20-13-15-6-11-18(14(3)12-15)21(5-2)17-9-7-16(19)8-10-17/h6-12,20H,4-5,13H2,1-3H3. The monoisotopic (exact) mass is 286 g/mol. The summed E-state index contributed by atoms with van der Waals surface area (Å²) in [4.78, 5) is 2.20. The van der Waals surface area contributed by atoms with E-state index < -0.39 is 0 Å². The topological polar surface area (TPSA) is 15.3 Å². The third-order valence-electron chi connectivity index (χ3n) is 3.59. The molecule has 2 rings (SSSR count). The van der Waals surface area contributed by atoms with Crippen LogP contribution in [0.5, 0.6) is 0 Å². The van der Waals surface area contributed by atoms with E-state index in [9.17, 15) is 4.39 Å². The number of nitrogens with one attached hydrogen (secondary N) is 1. The van der Waals surface area contributed by atoms with Crippen LogP contribution in [-0.4, -0.2) is 13.1 Å². The third kappa shape index (κ3) is 3.82. The zero-order chi connectivity index (χ0) is 15.2. The van der Waals surface area contributed by atoms with Crippen LogP contribution >= 0.6 is 0 Å². The number of hydrogen-bond donors (Lipinski definition) is 1. The van der Waals surface area contributed by atoms with Gasteiger partial charge in [-0.05, 0) is 61.9 Å². The summed E-state index contributed by atoms with van der Waals surface area (Å²) in [5.74, 6) is -0.201. The molecule has 0 aliphatic carbocycles. The van der Waals surface area contributed by atoms with Crippen molar-refractivity contribution in [1.29, 1.82) is 0 Å². The number of aryl methyl sites for hydroxylation is 1. The molecule has 0 saturated carbocycles. The fourth-order valence-electron chi connectivity index (χ4n) is 2.51. The minimum absolute atomic E-state index is 0.201. The smallest absolute Gasteiger partial charge is 0.123 e. The summed E-state index contributed by atoms with van der Waals surface area (Å²) in [6, 6.07) is 13.2. The van der Waals surface area contributed by atoms with Gasteiger partial charge < -0.3 is 10.2 Å². The Hall–Kier alpha value is -1.87. The Kier molecular flexibility index (Phi) is 5.34. The maximum absolute atomic E-state index is 13.1. The Morgan fingerprint density at radius 1 is 1.05 bits per heavy atom. The van der Waals surface area contributed by atoms with Crippen molar-refractivity contribution >= 4 is 11.4 Å². The molecule has 3 heteroatoms. The normalized spacial score (nSPS) is 10.7. The minimum atomic E-state index is -0.201. The van der Waals surface area contributed by atoms with Gasteiger partial charge in [0.1, 0.15) is 5.82 Å². The van der Waals surface area contributed by atoms with Crippen LogP contribution in [0, 0.1) is 12.7 Å². The average Bonchev–Trinajstić information content (AvgIpc) is 2.49. The lowest BCUT2D eigenvalue weighted by Crippen LogP contribution is -2.17. The highest BCUT2D eigenvalue weighted by Gasteiger charge is 2.10. The molecule has 0 bridgehead atoms. The molecule has 0 amide bonds. The molecule has 0 aliphatic rings. The first-order valence-electron chi connectivity index (χ1n) is 7.49. The molecule has 0 aromatic heterocycles. The number of hydrogen-bond acceptors (Lipinski definition) is 2. The molecule has 0 saturated heterocycles. The van der Waals surface area contributed by atoms with Crippen molar-refractivity contribution in [2.75, 3.05) is 18.0 Å². The second-order valence-electron chi connectivity index (χ2n) is 5.12. The van der Waals surface area contributed by atoms with E-state index in [1.807, 2.05) is 12.1 Å². The summed E-state index contributed by atoms with van der Waals surface area (Å²) in [7, 11) is 0. The van der Waals surface area contributed by atoms with Crippen LogP contribution in [0.15, 0.2) is 42.5 Å². The zero-order valence-electron chi connectivity index (χ0n) is 13.0. The molecule has 0 atom stereocenters. The fourth-order valence-corrected chi connectivity index (χ4v) is 2.51. The quantitative estimate of drug-likeness (QED) is 0.846. The lowest BCUT2D eigenvalue weighted by Gasteiger charge is -2.25. The van der Waals surface area contributed by atoms with Crippen molar-refractivity contribution in [3.05, 3.63) is 59.4 Å². The Bertz CT molecular complexity index is 578. The molecule has 2 aromatic carbocycles. The molecule has 0 radical (unpaired) electrons. The van der Waals surface area contributed by atoms with Gasteiger partial charge in [0, 0.05) is 24.5 Å². The van der Waals surface area contributed by atoms with Crippen LogP contribution in [0.4, 0.5) is 15.8 Å². The van der Waals surface area contributed by atoms with E-state index in [4.69, 9.17) is 0 Å². The Balaban J connectivity index is 2.27. The van der Waals surface area contributed by atoms with Gasteiger partial charge in [-0.3, -0.25) is 0 Å². The van der Waals surface area contributed by atoms with Gasteiger partial charge in [-0.1, -0.05) is 19.1 Å². The van der Waals surface area contributed by atoms with Gasteiger partial charge in [0.05, 0.1) is 0 Å². The Labute approximate surface area is 126 Å². The van der Waals surface area contributed by atoms with E-state index in [0.29, 0.717) is 0 Å². The van der Waals surface area contributed by atoms with Crippen LogP contribution in [-0.2, 0) is 6.54 Å². The van der Waals surface area contributed by atoms with E-state index in [1.54, 1.807) is 0 Å². The maximum atomic E-state index is 13.1. The van der Waals surface area contributed by atoms with Crippen molar-refractivity contribution < 1.29 is 4.39 Å².